The molecular weight excluding hydrogens is 1010 g/mol. The SMILES string of the molecule is CC/C=C\C/C=C\C/C=C\C/C=C\C/C=C\C/C=C\C/C=C\C/C=C\C/C=C\CCCCCCCC(=O)OCC(COC(=O)CCCCCCCCCCCC)OC(=O)CCCCCCCCCCC/C=C\C/C=C\CCCCCCC. The smallest absolute Gasteiger partial charge is 0.306 e. The Kier molecular flexibility index (Phi) is 65.3. The van der Waals surface area contributed by atoms with Crippen molar-refractivity contribution in [2.75, 3.05) is 13.2 Å². The van der Waals surface area contributed by atoms with Crippen LogP contribution in [0.4, 0.5) is 0 Å². The Morgan fingerprint density at radius 3 is 0.744 bits per heavy atom. The second-order valence-electron chi connectivity index (χ2n) is 22.4. The lowest BCUT2D eigenvalue weighted by Crippen LogP contribution is -2.30. The third-order valence-corrected chi connectivity index (χ3v) is 14.4. The van der Waals surface area contributed by atoms with E-state index in [-0.39, 0.29) is 31.1 Å². The van der Waals surface area contributed by atoms with Gasteiger partial charge in [0.25, 0.3) is 0 Å². The lowest BCUT2D eigenvalue weighted by Gasteiger charge is -2.18. The van der Waals surface area contributed by atoms with Crippen LogP contribution in [-0.4, -0.2) is 37.2 Å². The van der Waals surface area contributed by atoms with Gasteiger partial charge in [0.05, 0.1) is 0 Å². The summed E-state index contributed by atoms with van der Waals surface area (Å²) in [5.74, 6) is -0.907. The van der Waals surface area contributed by atoms with Gasteiger partial charge < -0.3 is 14.2 Å². The van der Waals surface area contributed by atoms with E-state index < -0.39 is 6.10 Å². The molecule has 0 saturated carbocycles. The number of carbonyl (C=O) groups is 3. The second-order valence-corrected chi connectivity index (χ2v) is 22.4. The first kappa shape index (κ1) is 77.5. The summed E-state index contributed by atoms with van der Waals surface area (Å²) in [4.78, 5) is 38.3. The van der Waals surface area contributed by atoms with E-state index in [0.29, 0.717) is 19.3 Å². The first-order valence-electron chi connectivity index (χ1n) is 34.2. The lowest BCUT2D eigenvalue weighted by molar-refractivity contribution is -0.167. The molecule has 0 aliphatic heterocycles. The number of esters is 3. The van der Waals surface area contributed by atoms with Gasteiger partial charge >= 0.3 is 17.9 Å². The van der Waals surface area contributed by atoms with Gasteiger partial charge in [-0.3, -0.25) is 14.4 Å². The van der Waals surface area contributed by atoms with Crippen molar-refractivity contribution in [2.24, 2.45) is 0 Å². The van der Waals surface area contributed by atoms with Gasteiger partial charge in [-0.05, 0) is 122 Å². The number of ether oxygens (including phenoxy) is 3. The summed E-state index contributed by atoms with van der Waals surface area (Å²) >= 11 is 0. The summed E-state index contributed by atoms with van der Waals surface area (Å²) < 4.78 is 16.9. The first-order valence-corrected chi connectivity index (χ1v) is 34.2. The van der Waals surface area contributed by atoms with E-state index in [1.165, 1.54) is 128 Å². The van der Waals surface area contributed by atoms with Crippen molar-refractivity contribution >= 4 is 17.9 Å². The molecule has 0 saturated heterocycles. The van der Waals surface area contributed by atoms with Crippen molar-refractivity contribution in [3.8, 4) is 0 Å². The van der Waals surface area contributed by atoms with Crippen LogP contribution in [0, 0.1) is 0 Å². The monoisotopic (exact) mass is 1130 g/mol. The Morgan fingerprint density at radius 2 is 0.476 bits per heavy atom. The molecule has 0 aromatic heterocycles. The van der Waals surface area contributed by atoms with Crippen molar-refractivity contribution in [3.63, 3.8) is 0 Å². The van der Waals surface area contributed by atoms with E-state index in [9.17, 15) is 14.4 Å². The lowest BCUT2D eigenvalue weighted by atomic mass is 10.1. The van der Waals surface area contributed by atoms with Gasteiger partial charge in [-0.2, -0.15) is 0 Å². The van der Waals surface area contributed by atoms with E-state index in [2.05, 4.69) is 154 Å². The molecule has 0 N–H and O–H groups in total. The van der Waals surface area contributed by atoms with Crippen LogP contribution in [0.25, 0.3) is 0 Å². The van der Waals surface area contributed by atoms with Gasteiger partial charge in [-0.25, -0.2) is 0 Å². The average Bonchev–Trinajstić information content (AvgIpc) is 3.48. The molecule has 0 bridgehead atoms. The molecule has 0 spiro atoms. The fraction of sp³-hybridized carbons (Fsp3) is 0.671. The van der Waals surface area contributed by atoms with Gasteiger partial charge in [0.2, 0.25) is 0 Å². The molecule has 6 nitrogen and oxygen atoms in total. The largest absolute Gasteiger partial charge is 0.462 e. The maximum absolute atomic E-state index is 12.9. The molecule has 0 rings (SSSR count). The number of hydrogen-bond acceptors (Lipinski definition) is 6. The molecule has 0 aliphatic carbocycles. The van der Waals surface area contributed by atoms with Crippen molar-refractivity contribution < 1.29 is 28.6 Å². The van der Waals surface area contributed by atoms with Crippen LogP contribution in [-0.2, 0) is 28.6 Å². The maximum Gasteiger partial charge on any atom is 0.306 e. The molecule has 0 aromatic carbocycles. The highest BCUT2D eigenvalue weighted by atomic mass is 16.6. The van der Waals surface area contributed by atoms with Crippen LogP contribution in [0.5, 0.6) is 0 Å². The minimum atomic E-state index is -0.791. The Hall–Kier alpha value is -4.45. The van der Waals surface area contributed by atoms with Gasteiger partial charge in [-0.15, -0.1) is 0 Å². The fourth-order valence-corrected chi connectivity index (χ4v) is 9.29. The fourth-order valence-electron chi connectivity index (χ4n) is 9.29. The molecule has 0 aliphatic rings. The molecular formula is C76H126O6. The normalized spacial score (nSPS) is 13.0. The van der Waals surface area contributed by atoms with Crippen LogP contribution in [0.2, 0.25) is 0 Å². The highest BCUT2D eigenvalue weighted by molar-refractivity contribution is 5.71. The minimum absolute atomic E-state index is 0.0864. The molecule has 466 valence electrons. The summed E-state index contributed by atoms with van der Waals surface area (Å²) in [6, 6.07) is 0. The van der Waals surface area contributed by atoms with Gasteiger partial charge in [0.1, 0.15) is 13.2 Å². The highest BCUT2D eigenvalue weighted by Crippen LogP contribution is 2.16. The molecule has 1 atom stereocenters. The predicted octanol–water partition coefficient (Wildman–Crippen LogP) is 23.7. The van der Waals surface area contributed by atoms with Crippen LogP contribution in [0.15, 0.2) is 134 Å². The predicted molar refractivity (Wildman–Crippen MR) is 357 cm³/mol. The molecule has 0 aromatic rings. The number of rotatable bonds is 61. The summed E-state index contributed by atoms with van der Waals surface area (Å²) in [7, 11) is 0. The molecule has 82 heavy (non-hydrogen) atoms. The molecule has 0 radical (unpaired) electrons. The molecule has 0 heterocycles. The van der Waals surface area contributed by atoms with Crippen molar-refractivity contribution in [3.05, 3.63) is 134 Å². The van der Waals surface area contributed by atoms with E-state index >= 15 is 0 Å². The number of allylic oxidation sites excluding steroid dienone is 22. The Bertz CT molecular complexity index is 1730. The summed E-state index contributed by atoms with van der Waals surface area (Å²) in [5, 5.41) is 0. The van der Waals surface area contributed by atoms with Gasteiger partial charge in [0, 0.05) is 19.3 Å². The quantitative estimate of drug-likeness (QED) is 0.0261. The second kappa shape index (κ2) is 69.0. The van der Waals surface area contributed by atoms with E-state index in [4.69, 9.17) is 14.2 Å². The van der Waals surface area contributed by atoms with Crippen LogP contribution < -0.4 is 0 Å². The topological polar surface area (TPSA) is 78.9 Å². The van der Waals surface area contributed by atoms with Crippen molar-refractivity contribution in [1.82, 2.24) is 0 Å². The van der Waals surface area contributed by atoms with Crippen LogP contribution in [0.3, 0.4) is 0 Å². The molecule has 6 heteroatoms. The number of carbonyl (C=O) groups excluding carboxylic acids is 3. The summed E-state index contributed by atoms with van der Waals surface area (Å²) in [6.45, 7) is 6.50. The first-order chi connectivity index (χ1) is 40.5. The number of unbranched alkanes of at least 4 members (excludes halogenated alkanes) is 28. The summed E-state index contributed by atoms with van der Waals surface area (Å²) in [5.41, 5.74) is 0. The van der Waals surface area contributed by atoms with Crippen LogP contribution in [0.1, 0.15) is 310 Å². The highest BCUT2D eigenvalue weighted by Gasteiger charge is 2.19. The zero-order valence-electron chi connectivity index (χ0n) is 53.5. The summed E-state index contributed by atoms with van der Waals surface area (Å²) in [6.07, 6.45) is 97.6. The third kappa shape index (κ3) is 66.4. The van der Waals surface area contributed by atoms with Crippen molar-refractivity contribution in [2.45, 2.75) is 316 Å². The molecule has 0 fully saturated rings. The van der Waals surface area contributed by atoms with E-state index in [1.54, 1.807) is 0 Å². The zero-order chi connectivity index (χ0) is 59.2. The standard InChI is InChI=1S/C76H126O6/c1-4-7-10-13-16-19-22-24-26-28-30-32-33-34-35-36-37-38-39-40-41-42-43-45-46-48-50-52-54-57-60-63-66-69-75(78)81-72-73(71-80-74(77)68-65-62-59-56-21-18-15-12-9-6-3)82-76(79)70-67-64-61-58-55-53-51-49-47-44-31-29-27-25-23-20-17-14-11-8-5-2/h7,10,16,19,23-26,29-32,34-35,37-38,40-41,43,45,48,50,73H,4-6,8-9,11-15,17-18,20-22,27-28,33,36,39,42,44,46-47,49,51-72H2,1-3H3/b10-7-,19-16-,25-23-,26-24-,31-29-,32-30-,35-34-,38-37-,41-40-,45-43-,50-48-. The molecule has 1 unspecified atom stereocenters. The zero-order valence-corrected chi connectivity index (χ0v) is 53.5. The van der Waals surface area contributed by atoms with Gasteiger partial charge in [0.15, 0.2) is 6.10 Å². The minimum Gasteiger partial charge on any atom is -0.462 e. The maximum atomic E-state index is 12.9. The van der Waals surface area contributed by atoms with Crippen molar-refractivity contribution in [1.29, 1.82) is 0 Å². The Balaban J connectivity index is 4.29. The van der Waals surface area contributed by atoms with Crippen LogP contribution >= 0.6 is 0 Å². The van der Waals surface area contributed by atoms with E-state index in [1.807, 2.05) is 0 Å². The third-order valence-electron chi connectivity index (χ3n) is 14.4. The average molecular weight is 1140 g/mol. The van der Waals surface area contributed by atoms with E-state index in [0.717, 1.165) is 141 Å². The molecule has 0 amide bonds. The number of hydrogen-bond donors (Lipinski definition) is 0. The van der Waals surface area contributed by atoms with Gasteiger partial charge in [-0.1, -0.05) is 302 Å². The Labute approximate surface area is 506 Å². The Morgan fingerprint density at radius 1 is 0.256 bits per heavy atom.